The van der Waals surface area contributed by atoms with Crippen molar-refractivity contribution in [1.82, 2.24) is 4.90 Å². The van der Waals surface area contributed by atoms with Gasteiger partial charge in [-0.25, -0.2) is 0 Å². The van der Waals surface area contributed by atoms with Crippen LogP contribution in [0.4, 0.5) is 0 Å². The van der Waals surface area contributed by atoms with E-state index in [2.05, 4.69) is 20.8 Å². The highest BCUT2D eigenvalue weighted by Crippen LogP contribution is 2.09. The van der Waals surface area contributed by atoms with E-state index in [-0.39, 0.29) is 0 Å². The molecule has 0 aliphatic heterocycles. The Kier molecular flexibility index (Phi) is 6.65. The van der Waals surface area contributed by atoms with Crippen molar-refractivity contribution in [3.05, 3.63) is 0 Å². The Morgan fingerprint density at radius 1 is 1.23 bits per heavy atom. The van der Waals surface area contributed by atoms with Crippen LogP contribution in [0.15, 0.2) is 0 Å². The lowest BCUT2D eigenvalue weighted by Crippen LogP contribution is -2.36. The molecular weight excluding hydrogens is 162 g/mol. The molecule has 0 N–H and O–H groups in total. The number of carbonyl (C=O) groups is 1. The lowest BCUT2D eigenvalue weighted by molar-refractivity contribution is -0.132. The zero-order valence-corrected chi connectivity index (χ0v) is 9.47. The first-order valence-electron chi connectivity index (χ1n) is 5.42. The summed E-state index contributed by atoms with van der Waals surface area (Å²) in [5, 5.41) is 0. The minimum Gasteiger partial charge on any atom is -0.343 e. The van der Waals surface area contributed by atoms with Crippen LogP contribution in [0.5, 0.6) is 0 Å². The van der Waals surface area contributed by atoms with E-state index >= 15 is 0 Å². The van der Waals surface area contributed by atoms with Gasteiger partial charge in [0.2, 0.25) is 5.91 Å². The molecule has 2 nitrogen and oxygen atoms in total. The second-order valence-corrected chi connectivity index (χ2v) is 3.58. The van der Waals surface area contributed by atoms with E-state index in [9.17, 15) is 4.79 Å². The van der Waals surface area contributed by atoms with E-state index in [1.54, 1.807) is 0 Å². The standard InChI is InChI=1S/C11H23NO/c1-5-8-9-11(13)12(4)10(6-2)7-3/h10H,5-9H2,1-4H3. The fraction of sp³-hybridized carbons (Fsp3) is 0.909. The third kappa shape index (κ3) is 4.30. The van der Waals surface area contributed by atoms with Crippen LogP contribution in [0.25, 0.3) is 0 Å². The van der Waals surface area contributed by atoms with E-state index < -0.39 is 0 Å². The van der Waals surface area contributed by atoms with E-state index in [4.69, 9.17) is 0 Å². The van der Waals surface area contributed by atoms with Gasteiger partial charge >= 0.3 is 0 Å². The lowest BCUT2D eigenvalue weighted by atomic mass is 10.1. The molecule has 0 aliphatic carbocycles. The number of unbranched alkanes of at least 4 members (excludes halogenated alkanes) is 1. The first-order chi connectivity index (χ1) is 6.17. The Morgan fingerprint density at radius 3 is 2.15 bits per heavy atom. The normalized spacial score (nSPS) is 10.5. The summed E-state index contributed by atoms with van der Waals surface area (Å²) in [4.78, 5) is 13.5. The van der Waals surface area contributed by atoms with Gasteiger partial charge in [-0.1, -0.05) is 27.2 Å². The molecular formula is C11H23NO. The Bertz CT molecular complexity index is 141. The zero-order valence-electron chi connectivity index (χ0n) is 9.47. The Morgan fingerprint density at radius 2 is 1.77 bits per heavy atom. The molecule has 0 rings (SSSR count). The highest BCUT2D eigenvalue weighted by atomic mass is 16.2. The van der Waals surface area contributed by atoms with Crippen molar-refractivity contribution in [2.24, 2.45) is 0 Å². The number of hydrogen-bond donors (Lipinski definition) is 0. The van der Waals surface area contributed by atoms with Gasteiger partial charge in [-0.05, 0) is 19.3 Å². The zero-order chi connectivity index (χ0) is 10.3. The van der Waals surface area contributed by atoms with Gasteiger partial charge in [-0.15, -0.1) is 0 Å². The molecule has 0 aromatic heterocycles. The topological polar surface area (TPSA) is 20.3 Å². The minimum atomic E-state index is 0.301. The Labute approximate surface area is 82.3 Å². The number of rotatable bonds is 6. The molecule has 2 heteroatoms. The average molecular weight is 185 g/mol. The second-order valence-electron chi connectivity index (χ2n) is 3.58. The highest BCUT2D eigenvalue weighted by Gasteiger charge is 2.15. The highest BCUT2D eigenvalue weighted by molar-refractivity contribution is 5.76. The fourth-order valence-electron chi connectivity index (χ4n) is 1.54. The van der Waals surface area contributed by atoms with Crippen molar-refractivity contribution in [3.63, 3.8) is 0 Å². The van der Waals surface area contributed by atoms with Crippen LogP contribution >= 0.6 is 0 Å². The average Bonchev–Trinajstić information content (AvgIpc) is 2.15. The van der Waals surface area contributed by atoms with Crippen molar-refractivity contribution in [2.45, 2.75) is 58.9 Å². The Hall–Kier alpha value is -0.530. The largest absolute Gasteiger partial charge is 0.343 e. The van der Waals surface area contributed by atoms with Crippen LogP contribution in [-0.2, 0) is 4.79 Å². The van der Waals surface area contributed by atoms with Gasteiger partial charge in [0.15, 0.2) is 0 Å². The molecule has 0 aromatic rings. The molecule has 0 spiro atoms. The van der Waals surface area contributed by atoms with Crippen molar-refractivity contribution in [1.29, 1.82) is 0 Å². The first kappa shape index (κ1) is 12.5. The third-order valence-electron chi connectivity index (χ3n) is 2.63. The minimum absolute atomic E-state index is 0.301. The van der Waals surface area contributed by atoms with Crippen LogP contribution in [0, 0.1) is 0 Å². The number of carbonyl (C=O) groups excluding carboxylic acids is 1. The fourth-order valence-corrected chi connectivity index (χ4v) is 1.54. The molecule has 0 atom stereocenters. The molecule has 0 heterocycles. The van der Waals surface area contributed by atoms with Crippen LogP contribution in [0.1, 0.15) is 52.9 Å². The number of hydrogen-bond acceptors (Lipinski definition) is 1. The van der Waals surface area contributed by atoms with E-state index in [1.807, 2.05) is 11.9 Å². The summed E-state index contributed by atoms with van der Waals surface area (Å²) in [6, 6.07) is 0.435. The Balaban J connectivity index is 3.91. The molecule has 13 heavy (non-hydrogen) atoms. The summed E-state index contributed by atoms with van der Waals surface area (Å²) >= 11 is 0. The second kappa shape index (κ2) is 6.93. The summed E-state index contributed by atoms with van der Waals surface area (Å²) in [7, 11) is 1.93. The van der Waals surface area contributed by atoms with E-state index in [0.717, 1.165) is 25.7 Å². The van der Waals surface area contributed by atoms with Crippen LogP contribution in [0.2, 0.25) is 0 Å². The SMILES string of the molecule is CCCCC(=O)N(C)C(CC)CC. The number of nitrogens with zero attached hydrogens (tertiary/aromatic N) is 1. The summed E-state index contributed by atoms with van der Waals surface area (Å²) in [6.07, 6.45) is 4.95. The molecule has 0 aliphatic rings. The van der Waals surface area contributed by atoms with Crippen molar-refractivity contribution < 1.29 is 4.79 Å². The van der Waals surface area contributed by atoms with Crippen molar-refractivity contribution in [2.75, 3.05) is 7.05 Å². The maximum atomic E-state index is 11.6. The maximum absolute atomic E-state index is 11.6. The summed E-state index contributed by atoms with van der Waals surface area (Å²) in [5.41, 5.74) is 0. The van der Waals surface area contributed by atoms with Gasteiger partial charge in [-0.2, -0.15) is 0 Å². The molecule has 0 saturated carbocycles. The smallest absolute Gasteiger partial charge is 0.222 e. The van der Waals surface area contributed by atoms with Gasteiger partial charge < -0.3 is 4.90 Å². The van der Waals surface area contributed by atoms with Crippen molar-refractivity contribution >= 4 is 5.91 Å². The number of amides is 1. The quantitative estimate of drug-likeness (QED) is 0.623. The summed E-state index contributed by atoms with van der Waals surface area (Å²) in [6.45, 7) is 6.39. The molecule has 0 unspecified atom stereocenters. The molecule has 1 amide bonds. The van der Waals surface area contributed by atoms with Crippen molar-refractivity contribution in [3.8, 4) is 0 Å². The van der Waals surface area contributed by atoms with Crippen LogP contribution in [0.3, 0.4) is 0 Å². The van der Waals surface area contributed by atoms with Gasteiger partial charge in [0.1, 0.15) is 0 Å². The van der Waals surface area contributed by atoms with Crippen LogP contribution in [-0.4, -0.2) is 23.9 Å². The molecule has 0 bridgehead atoms. The monoisotopic (exact) mass is 185 g/mol. The molecule has 78 valence electrons. The predicted molar refractivity (Wildman–Crippen MR) is 56.7 cm³/mol. The third-order valence-corrected chi connectivity index (χ3v) is 2.63. The summed E-state index contributed by atoms with van der Waals surface area (Å²) < 4.78 is 0. The van der Waals surface area contributed by atoms with Gasteiger partial charge in [-0.3, -0.25) is 4.79 Å². The molecule has 0 saturated heterocycles. The van der Waals surface area contributed by atoms with E-state index in [1.165, 1.54) is 0 Å². The van der Waals surface area contributed by atoms with E-state index in [0.29, 0.717) is 18.4 Å². The van der Waals surface area contributed by atoms with Gasteiger partial charge in [0, 0.05) is 19.5 Å². The first-order valence-corrected chi connectivity index (χ1v) is 5.42. The molecule has 0 fully saturated rings. The predicted octanol–water partition coefficient (Wildman–Crippen LogP) is 2.82. The lowest BCUT2D eigenvalue weighted by Gasteiger charge is -2.26. The van der Waals surface area contributed by atoms with Gasteiger partial charge in [0.05, 0.1) is 0 Å². The summed E-state index contributed by atoms with van der Waals surface area (Å²) in [5.74, 6) is 0.301. The van der Waals surface area contributed by atoms with Crippen LogP contribution < -0.4 is 0 Å². The maximum Gasteiger partial charge on any atom is 0.222 e. The molecule has 0 radical (unpaired) electrons. The van der Waals surface area contributed by atoms with Gasteiger partial charge in [0.25, 0.3) is 0 Å². The molecule has 0 aromatic carbocycles.